The Morgan fingerprint density at radius 3 is 2.37 bits per heavy atom. The van der Waals surface area contributed by atoms with Crippen molar-refractivity contribution < 1.29 is 4.79 Å². The Balaban J connectivity index is 2.84. The molecule has 0 heterocycles. The van der Waals surface area contributed by atoms with Gasteiger partial charge in [0.1, 0.15) is 0 Å². The molecule has 0 saturated carbocycles. The summed E-state index contributed by atoms with van der Waals surface area (Å²) in [5, 5.41) is 10.1. The van der Waals surface area contributed by atoms with E-state index in [-0.39, 0.29) is 11.9 Å². The van der Waals surface area contributed by atoms with Crippen LogP contribution >= 0.6 is 11.6 Å². The van der Waals surface area contributed by atoms with Crippen molar-refractivity contribution in [2.24, 2.45) is 10.4 Å². The lowest BCUT2D eigenvalue weighted by atomic mass is 9.92. The quantitative estimate of drug-likeness (QED) is 0.444. The maximum atomic E-state index is 12.0. The zero-order chi connectivity index (χ0) is 20.4. The molecule has 0 aliphatic rings. The number of likely N-dealkylation sites (N-methyl/N-ethyl adjacent to an activating group) is 1. The van der Waals surface area contributed by atoms with Gasteiger partial charge in [-0.3, -0.25) is 14.7 Å². The van der Waals surface area contributed by atoms with Gasteiger partial charge in [0.25, 0.3) is 0 Å². The van der Waals surface area contributed by atoms with E-state index in [9.17, 15) is 4.79 Å². The van der Waals surface area contributed by atoms with E-state index >= 15 is 0 Å². The molecule has 6 nitrogen and oxygen atoms in total. The number of guanidine groups is 1. The molecule has 152 valence electrons. The molecule has 0 aliphatic heterocycles. The molecule has 1 aromatic carbocycles. The summed E-state index contributed by atoms with van der Waals surface area (Å²) >= 11 is 6.45. The molecular weight excluding hydrogens is 362 g/mol. The van der Waals surface area contributed by atoms with Gasteiger partial charge in [-0.25, -0.2) is 0 Å². The van der Waals surface area contributed by atoms with E-state index in [1.807, 2.05) is 32.0 Å². The number of hydrogen-bond donors (Lipinski definition) is 3. The van der Waals surface area contributed by atoms with Gasteiger partial charge < -0.3 is 16.0 Å². The summed E-state index contributed by atoms with van der Waals surface area (Å²) in [6.45, 7) is 11.1. The van der Waals surface area contributed by atoms with Crippen LogP contribution in [0.25, 0.3) is 0 Å². The van der Waals surface area contributed by atoms with Gasteiger partial charge in [-0.15, -0.1) is 0 Å². The summed E-state index contributed by atoms with van der Waals surface area (Å²) in [6.07, 6.45) is 0. The molecule has 0 bridgehead atoms. The monoisotopic (exact) mass is 395 g/mol. The predicted molar refractivity (Wildman–Crippen MR) is 114 cm³/mol. The Morgan fingerprint density at radius 2 is 1.85 bits per heavy atom. The highest BCUT2D eigenvalue weighted by atomic mass is 35.5. The van der Waals surface area contributed by atoms with E-state index in [0.717, 1.165) is 23.7 Å². The summed E-state index contributed by atoms with van der Waals surface area (Å²) in [7, 11) is 3.37. The lowest BCUT2D eigenvalue weighted by Gasteiger charge is -2.31. The fourth-order valence-electron chi connectivity index (χ4n) is 2.98. The minimum absolute atomic E-state index is 0.0115. The molecule has 1 aromatic rings. The second-order valence-corrected chi connectivity index (χ2v) is 7.44. The third-order valence-corrected chi connectivity index (χ3v) is 5.09. The molecule has 1 rings (SSSR count). The van der Waals surface area contributed by atoms with Gasteiger partial charge in [-0.2, -0.15) is 0 Å². The van der Waals surface area contributed by atoms with Crippen molar-refractivity contribution >= 4 is 23.5 Å². The van der Waals surface area contributed by atoms with Crippen LogP contribution in [0.2, 0.25) is 5.02 Å². The van der Waals surface area contributed by atoms with Crippen molar-refractivity contribution in [2.45, 2.75) is 33.7 Å². The average Bonchev–Trinajstić information content (AvgIpc) is 2.67. The molecule has 0 saturated heterocycles. The maximum Gasteiger partial charge on any atom is 0.227 e. The van der Waals surface area contributed by atoms with Crippen LogP contribution < -0.4 is 16.0 Å². The van der Waals surface area contributed by atoms with Crippen LogP contribution in [0, 0.1) is 5.41 Å². The smallest absolute Gasteiger partial charge is 0.227 e. The Kier molecular flexibility index (Phi) is 9.60. The number of nitrogens with one attached hydrogen (secondary N) is 3. The number of aliphatic imine (C=N–C) groups is 1. The number of carbonyl (C=O) groups is 1. The summed E-state index contributed by atoms with van der Waals surface area (Å²) in [5.74, 6) is 0.652. The lowest BCUT2D eigenvalue weighted by Crippen LogP contribution is -2.48. The summed E-state index contributed by atoms with van der Waals surface area (Å²) in [5.41, 5.74) is 0.560. The number of halogens is 1. The highest BCUT2D eigenvalue weighted by Gasteiger charge is 2.27. The van der Waals surface area contributed by atoms with Gasteiger partial charge in [0.15, 0.2) is 5.96 Å². The van der Waals surface area contributed by atoms with E-state index in [1.165, 1.54) is 0 Å². The largest absolute Gasteiger partial charge is 0.359 e. The molecule has 1 unspecified atom stereocenters. The van der Waals surface area contributed by atoms with E-state index < -0.39 is 5.41 Å². The first kappa shape index (κ1) is 23.2. The molecular formula is C20H34ClN5O. The van der Waals surface area contributed by atoms with Crippen molar-refractivity contribution in [3.63, 3.8) is 0 Å². The Bertz CT molecular complexity index is 629. The van der Waals surface area contributed by atoms with E-state index in [4.69, 9.17) is 11.6 Å². The molecule has 0 radical (unpaired) electrons. The fourth-order valence-corrected chi connectivity index (χ4v) is 3.24. The predicted octanol–water partition coefficient (Wildman–Crippen LogP) is 2.66. The SMILES string of the molecule is CCN(CC)C(CNC(=NC)NCC(C)(C)C(=O)NC)c1ccccc1Cl. The molecule has 27 heavy (non-hydrogen) atoms. The first-order valence-corrected chi connectivity index (χ1v) is 9.83. The van der Waals surface area contributed by atoms with Crippen molar-refractivity contribution in [1.29, 1.82) is 0 Å². The summed E-state index contributed by atoms with van der Waals surface area (Å²) < 4.78 is 0. The van der Waals surface area contributed by atoms with Gasteiger partial charge in [0, 0.05) is 32.2 Å². The standard InChI is InChI=1S/C20H34ClN5O/c1-7-26(8-2)17(15-11-9-10-12-16(15)21)13-24-19(23-6)25-14-20(3,4)18(27)22-5/h9-12,17H,7-8,13-14H2,1-6H3,(H,22,27)(H2,23,24,25). The summed E-state index contributed by atoms with van der Waals surface area (Å²) in [4.78, 5) is 18.6. The van der Waals surface area contributed by atoms with E-state index in [0.29, 0.717) is 19.0 Å². The molecule has 0 aliphatic carbocycles. The van der Waals surface area contributed by atoms with Crippen LogP contribution in [0.15, 0.2) is 29.3 Å². The molecule has 0 aromatic heterocycles. The third-order valence-electron chi connectivity index (χ3n) is 4.74. The van der Waals surface area contributed by atoms with Crippen molar-refractivity contribution in [1.82, 2.24) is 20.9 Å². The number of benzene rings is 1. The van der Waals surface area contributed by atoms with Crippen molar-refractivity contribution in [2.75, 3.05) is 40.3 Å². The molecule has 0 fully saturated rings. The number of carbonyl (C=O) groups excluding carboxylic acids is 1. The van der Waals surface area contributed by atoms with Gasteiger partial charge >= 0.3 is 0 Å². The number of hydrogen-bond acceptors (Lipinski definition) is 3. The fraction of sp³-hybridized carbons (Fsp3) is 0.600. The summed E-state index contributed by atoms with van der Waals surface area (Å²) in [6, 6.07) is 8.07. The second kappa shape index (κ2) is 11.1. The van der Waals surface area contributed by atoms with E-state index in [1.54, 1.807) is 14.1 Å². The highest BCUT2D eigenvalue weighted by molar-refractivity contribution is 6.31. The van der Waals surface area contributed by atoms with Gasteiger partial charge in [-0.1, -0.05) is 43.6 Å². The first-order chi connectivity index (χ1) is 12.8. The van der Waals surface area contributed by atoms with Crippen LogP contribution in [0.3, 0.4) is 0 Å². The zero-order valence-electron chi connectivity index (χ0n) is 17.4. The Labute approximate surface area is 168 Å². The third kappa shape index (κ3) is 6.70. The average molecular weight is 396 g/mol. The minimum Gasteiger partial charge on any atom is -0.359 e. The van der Waals surface area contributed by atoms with E-state index in [2.05, 4.69) is 45.8 Å². The molecule has 0 spiro atoms. The Morgan fingerprint density at radius 1 is 1.22 bits per heavy atom. The van der Waals surface area contributed by atoms with Crippen LogP contribution in [0.5, 0.6) is 0 Å². The van der Waals surface area contributed by atoms with Crippen LogP contribution in [0.1, 0.15) is 39.3 Å². The van der Waals surface area contributed by atoms with Gasteiger partial charge in [-0.05, 0) is 38.6 Å². The zero-order valence-corrected chi connectivity index (χ0v) is 18.2. The van der Waals surface area contributed by atoms with Crippen molar-refractivity contribution in [3.8, 4) is 0 Å². The Hall–Kier alpha value is -1.79. The van der Waals surface area contributed by atoms with Crippen LogP contribution in [-0.4, -0.2) is 57.0 Å². The van der Waals surface area contributed by atoms with Crippen LogP contribution in [0.4, 0.5) is 0 Å². The number of amides is 1. The molecule has 7 heteroatoms. The molecule has 1 amide bonds. The van der Waals surface area contributed by atoms with Crippen LogP contribution in [-0.2, 0) is 4.79 Å². The second-order valence-electron chi connectivity index (χ2n) is 7.03. The van der Waals surface area contributed by atoms with Gasteiger partial charge in [0.05, 0.1) is 11.5 Å². The number of nitrogens with zero attached hydrogens (tertiary/aromatic N) is 2. The minimum atomic E-state index is -0.534. The van der Waals surface area contributed by atoms with Crippen molar-refractivity contribution in [3.05, 3.63) is 34.9 Å². The molecule has 3 N–H and O–H groups in total. The topological polar surface area (TPSA) is 68.8 Å². The maximum absolute atomic E-state index is 12.0. The lowest BCUT2D eigenvalue weighted by molar-refractivity contribution is -0.128. The van der Waals surface area contributed by atoms with Gasteiger partial charge in [0.2, 0.25) is 5.91 Å². The highest BCUT2D eigenvalue weighted by Crippen LogP contribution is 2.26. The number of rotatable bonds is 9. The first-order valence-electron chi connectivity index (χ1n) is 9.45. The molecule has 1 atom stereocenters. The normalized spacial score (nSPS) is 13.4.